The van der Waals surface area contributed by atoms with Crippen molar-refractivity contribution in [3.63, 3.8) is 0 Å². The maximum Gasteiger partial charge on any atom is 0.247 e. The summed E-state index contributed by atoms with van der Waals surface area (Å²) in [7, 11) is 0. The Hall–Kier alpha value is -3.45. The second-order valence-electron chi connectivity index (χ2n) is 6.94. The molecular weight excluding hydrogens is 340 g/mol. The summed E-state index contributed by atoms with van der Waals surface area (Å²) in [5, 5.41) is 21.6. The molecule has 7 nitrogen and oxygen atoms in total. The lowest BCUT2D eigenvalue weighted by Gasteiger charge is -2.21. The molecule has 2 aliphatic rings. The molecule has 1 saturated carbocycles. The van der Waals surface area contributed by atoms with Gasteiger partial charge in [-0.2, -0.15) is 10.5 Å². The van der Waals surface area contributed by atoms with E-state index in [2.05, 4.69) is 27.4 Å². The number of hydrogen-bond donors (Lipinski definition) is 1. The summed E-state index contributed by atoms with van der Waals surface area (Å²) in [6, 6.07) is 13.4. The second-order valence-corrected chi connectivity index (χ2v) is 6.94. The van der Waals surface area contributed by atoms with Gasteiger partial charge >= 0.3 is 0 Å². The Morgan fingerprint density at radius 3 is 2.85 bits per heavy atom. The van der Waals surface area contributed by atoms with E-state index >= 15 is 0 Å². The van der Waals surface area contributed by atoms with Gasteiger partial charge in [-0.25, -0.2) is 9.97 Å². The van der Waals surface area contributed by atoms with E-state index in [4.69, 9.17) is 5.26 Å². The Morgan fingerprint density at radius 1 is 1.26 bits per heavy atom. The van der Waals surface area contributed by atoms with Crippen molar-refractivity contribution in [3.05, 3.63) is 42.2 Å². The number of carbonyl (C=O) groups is 1. The predicted molar refractivity (Wildman–Crippen MR) is 98.8 cm³/mol. The Kier molecular flexibility index (Phi) is 4.21. The van der Waals surface area contributed by atoms with Gasteiger partial charge in [0.05, 0.1) is 24.3 Å². The lowest BCUT2D eigenvalue weighted by molar-refractivity contribution is -0.123. The number of hydrogen-bond acceptors (Lipinski definition) is 6. The molecule has 27 heavy (non-hydrogen) atoms. The van der Waals surface area contributed by atoms with Crippen LogP contribution in [0.1, 0.15) is 25.0 Å². The Labute approximate surface area is 157 Å². The van der Waals surface area contributed by atoms with Gasteiger partial charge in [0.15, 0.2) is 0 Å². The average molecular weight is 358 g/mol. The van der Waals surface area contributed by atoms with Crippen LogP contribution in [0.4, 0.5) is 17.3 Å². The molecule has 0 unspecified atom stereocenters. The number of anilines is 3. The van der Waals surface area contributed by atoms with E-state index in [-0.39, 0.29) is 18.2 Å². The van der Waals surface area contributed by atoms with E-state index in [9.17, 15) is 10.1 Å². The number of amides is 1. The highest BCUT2D eigenvalue weighted by molar-refractivity contribution is 6.02. The van der Waals surface area contributed by atoms with Crippen molar-refractivity contribution >= 4 is 23.2 Å². The van der Waals surface area contributed by atoms with Crippen molar-refractivity contribution in [1.82, 2.24) is 9.97 Å². The van der Waals surface area contributed by atoms with Gasteiger partial charge in [0.25, 0.3) is 0 Å². The van der Waals surface area contributed by atoms with Crippen LogP contribution in [0.5, 0.6) is 0 Å². The lowest BCUT2D eigenvalue weighted by Crippen LogP contribution is -2.35. The van der Waals surface area contributed by atoms with E-state index in [1.54, 1.807) is 35.4 Å². The van der Waals surface area contributed by atoms with Crippen molar-refractivity contribution in [1.29, 1.82) is 10.5 Å². The Balaban J connectivity index is 1.55. The van der Waals surface area contributed by atoms with Crippen molar-refractivity contribution < 1.29 is 4.79 Å². The monoisotopic (exact) mass is 358 g/mol. The first-order valence-electron chi connectivity index (χ1n) is 8.95. The summed E-state index contributed by atoms with van der Waals surface area (Å²) in [6.07, 6.45) is 4.37. The molecular formula is C20H18N6O. The van der Waals surface area contributed by atoms with Crippen LogP contribution >= 0.6 is 0 Å². The van der Waals surface area contributed by atoms with Crippen LogP contribution in [0.15, 0.2) is 36.5 Å². The molecule has 1 N–H and O–H groups in total. The predicted octanol–water partition coefficient (Wildman–Crippen LogP) is 2.94. The fourth-order valence-corrected chi connectivity index (χ4v) is 3.65. The zero-order valence-electron chi connectivity index (χ0n) is 14.7. The van der Waals surface area contributed by atoms with Crippen molar-refractivity contribution in [3.8, 4) is 12.1 Å². The van der Waals surface area contributed by atoms with Gasteiger partial charge < -0.3 is 10.2 Å². The highest BCUT2D eigenvalue weighted by Gasteiger charge is 2.56. The molecule has 1 saturated heterocycles. The third kappa shape index (κ3) is 3.09. The number of nitrogens with one attached hydrogen (secondary N) is 1. The van der Waals surface area contributed by atoms with E-state index < -0.39 is 5.41 Å². The third-order valence-corrected chi connectivity index (χ3v) is 5.21. The molecule has 0 spiro atoms. The zero-order valence-corrected chi connectivity index (χ0v) is 14.7. The molecule has 134 valence electrons. The number of aromatic nitrogens is 2. The van der Waals surface area contributed by atoms with Gasteiger partial charge in [0.2, 0.25) is 5.91 Å². The van der Waals surface area contributed by atoms with Crippen LogP contribution in [0, 0.1) is 34.0 Å². The minimum absolute atomic E-state index is 0.0983. The van der Waals surface area contributed by atoms with Crippen molar-refractivity contribution in [2.24, 2.45) is 11.3 Å². The highest BCUT2D eigenvalue weighted by atomic mass is 16.2. The van der Waals surface area contributed by atoms with Gasteiger partial charge in [-0.15, -0.1) is 0 Å². The van der Waals surface area contributed by atoms with Gasteiger partial charge in [-0.1, -0.05) is 6.07 Å². The Morgan fingerprint density at radius 2 is 2.11 bits per heavy atom. The zero-order chi connectivity index (χ0) is 18.9. The number of carbonyl (C=O) groups excluding carboxylic acids is 1. The van der Waals surface area contributed by atoms with E-state index in [0.717, 1.165) is 18.5 Å². The topological polar surface area (TPSA) is 106 Å². The van der Waals surface area contributed by atoms with Crippen LogP contribution in [0.3, 0.4) is 0 Å². The summed E-state index contributed by atoms with van der Waals surface area (Å²) in [4.78, 5) is 23.3. The molecule has 1 aliphatic heterocycles. The molecule has 1 aliphatic carbocycles. The summed E-state index contributed by atoms with van der Waals surface area (Å²) >= 11 is 0. The summed E-state index contributed by atoms with van der Waals surface area (Å²) in [5.41, 5.74) is 0.546. The number of nitrogens with zero attached hydrogens (tertiary/aromatic N) is 5. The number of rotatable bonds is 5. The molecule has 2 fully saturated rings. The van der Waals surface area contributed by atoms with Crippen LogP contribution in [0.25, 0.3) is 0 Å². The average Bonchev–Trinajstić information content (AvgIpc) is 3.47. The van der Waals surface area contributed by atoms with Gasteiger partial charge in [0, 0.05) is 24.5 Å². The molecule has 1 amide bonds. The normalized spacial score (nSPS) is 21.6. The summed E-state index contributed by atoms with van der Waals surface area (Å²) < 4.78 is 0. The largest absolute Gasteiger partial charge is 0.325 e. The van der Waals surface area contributed by atoms with Crippen LogP contribution in [-0.2, 0) is 11.2 Å². The molecule has 0 bridgehead atoms. The standard InChI is InChI=1S/C20H18N6O/c21-9-6-15-2-1-3-17(24-15)25-18-12-16(7-10-23-18)26-11-8-20(13-22,19(26)27)14-4-5-14/h1-3,7,10,12,14H,4-6,8,11H2,(H,23,24,25)/t20-/m1/s1. The van der Waals surface area contributed by atoms with Crippen LogP contribution < -0.4 is 10.2 Å². The fourth-order valence-electron chi connectivity index (χ4n) is 3.65. The molecule has 1 atom stereocenters. The summed E-state index contributed by atoms with van der Waals surface area (Å²) in [6.45, 7) is 0.544. The van der Waals surface area contributed by atoms with Gasteiger partial charge in [0.1, 0.15) is 17.1 Å². The molecule has 0 aromatic carbocycles. The lowest BCUT2D eigenvalue weighted by atomic mass is 9.83. The molecule has 2 aromatic heterocycles. The maximum atomic E-state index is 12.9. The van der Waals surface area contributed by atoms with Crippen molar-refractivity contribution in [2.45, 2.75) is 25.7 Å². The first kappa shape index (κ1) is 17.0. The minimum atomic E-state index is -0.857. The van der Waals surface area contributed by atoms with Crippen LogP contribution in [0.2, 0.25) is 0 Å². The summed E-state index contributed by atoms with van der Waals surface area (Å²) in [5.74, 6) is 1.25. The smallest absolute Gasteiger partial charge is 0.247 e. The quantitative estimate of drug-likeness (QED) is 0.881. The van der Waals surface area contributed by atoms with E-state index in [1.807, 2.05) is 6.07 Å². The van der Waals surface area contributed by atoms with Gasteiger partial charge in [-0.05, 0) is 43.4 Å². The second kappa shape index (κ2) is 6.69. The first-order valence-corrected chi connectivity index (χ1v) is 8.95. The molecule has 2 aromatic rings. The first-order chi connectivity index (χ1) is 13.2. The highest BCUT2D eigenvalue weighted by Crippen LogP contribution is 2.51. The van der Waals surface area contributed by atoms with E-state index in [1.165, 1.54) is 0 Å². The molecule has 4 rings (SSSR count). The third-order valence-electron chi connectivity index (χ3n) is 5.21. The molecule has 7 heteroatoms. The molecule has 3 heterocycles. The van der Waals surface area contributed by atoms with E-state index in [0.29, 0.717) is 30.3 Å². The fraction of sp³-hybridized carbons (Fsp3) is 0.350. The Bertz CT molecular complexity index is 971. The van der Waals surface area contributed by atoms with Crippen molar-refractivity contribution in [2.75, 3.05) is 16.8 Å². The number of pyridine rings is 2. The SMILES string of the molecule is N#CCc1cccc(Nc2cc(N3CC[C@@](C#N)(C4CC4)C3=O)ccn2)n1. The maximum absolute atomic E-state index is 12.9. The molecule has 0 radical (unpaired) electrons. The van der Waals surface area contributed by atoms with Gasteiger partial charge in [-0.3, -0.25) is 4.79 Å². The number of nitriles is 2. The minimum Gasteiger partial charge on any atom is -0.325 e. The van der Waals surface area contributed by atoms with Crippen LogP contribution in [-0.4, -0.2) is 22.4 Å².